The van der Waals surface area contributed by atoms with E-state index in [-0.39, 0.29) is 33.7 Å². The molecule has 28 heavy (non-hydrogen) atoms. The number of aromatic carboxylic acids is 1. The van der Waals surface area contributed by atoms with E-state index >= 15 is 4.39 Å². The van der Waals surface area contributed by atoms with E-state index in [1.54, 1.807) is 0 Å². The van der Waals surface area contributed by atoms with Crippen LogP contribution < -0.4 is 15.6 Å². The van der Waals surface area contributed by atoms with Gasteiger partial charge in [0.2, 0.25) is 5.43 Å². The molecule has 1 saturated carbocycles. The van der Waals surface area contributed by atoms with Crippen molar-refractivity contribution in [3.05, 3.63) is 38.9 Å². The maximum Gasteiger partial charge on any atom is 0.341 e. The van der Waals surface area contributed by atoms with Crippen LogP contribution in [0.15, 0.2) is 17.1 Å². The molecule has 4 rings (SSSR count). The molecular formula is C19H20ClF2N3O3. The number of aryl methyl sites for hydroxylation is 1. The molecule has 1 saturated heterocycles. The van der Waals surface area contributed by atoms with E-state index in [4.69, 9.17) is 11.6 Å². The molecule has 2 heterocycles. The third-order valence-corrected chi connectivity index (χ3v) is 6.15. The number of hydrogen-bond donors (Lipinski definition) is 2. The summed E-state index contributed by atoms with van der Waals surface area (Å²) < 4.78 is 29.4. The van der Waals surface area contributed by atoms with E-state index in [1.807, 2.05) is 4.90 Å². The summed E-state index contributed by atoms with van der Waals surface area (Å²) in [5, 5.41) is 12.6. The normalized spacial score (nSPS) is 18.5. The number of piperazine rings is 1. The van der Waals surface area contributed by atoms with Crippen molar-refractivity contribution in [2.75, 3.05) is 31.2 Å². The van der Waals surface area contributed by atoms with Crippen molar-refractivity contribution in [3.8, 4) is 0 Å². The molecule has 1 aliphatic heterocycles. The second-order valence-corrected chi connectivity index (χ2v) is 7.84. The van der Waals surface area contributed by atoms with Crippen molar-refractivity contribution in [1.29, 1.82) is 0 Å². The predicted molar refractivity (Wildman–Crippen MR) is 103 cm³/mol. The fourth-order valence-corrected chi connectivity index (χ4v) is 4.69. The molecule has 0 radical (unpaired) electrons. The van der Waals surface area contributed by atoms with Gasteiger partial charge in [-0.1, -0.05) is 11.6 Å². The lowest BCUT2D eigenvalue weighted by atomic mass is 9.75. The van der Waals surface area contributed by atoms with Crippen LogP contribution in [0.3, 0.4) is 0 Å². The van der Waals surface area contributed by atoms with Crippen molar-refractivity contribution < 1.29 is 18.7 Å². The minimum absolute atomic E-state index is 0.00821. The summed E-state index contributed by atoms with van der Waals surface area (Å²) >= 11 is 6.55. The van der Waals surface area contributed by atoms with Gasteiger partial charge in [-0.25, -0.2) is 13.6 Å². The van der Waals surface area contributed by atoms with Crippen molar-refractivity contribution in [1.82, 2.24) is 9.88 Å². The molecule has 6 nitrogen and oxygen atoms in total. The van der Waals surface area contributed by atoms with E-state index in [0.29, 0.717) is 19.6 Å². The largest absolute Gasteiger partial charge is 0.477 e. The molecule has 1 aromatic carbocycles. The van der Waals surface area contributed by atoms with Crippen LogP contribution in [0.4, 0.5) is 14.5 Å². The third-order valence-electron chi connectivity index (χ3n) is 5.79. The number of fused-ring (bicyclic) bond motifs is 1. The van der Waals surface area contributed by atoms with Crippen LogP contribution in [0.5, 0.6) is 0 Å². The zero-order valence-corrected chi connectivity index (χ0v) is 15.9. The SMILES string of the molecule is O=C(O)c1cn(CCF)c2c(Cl)c(N3CCNC4(CCC4)C3)c(F)cc2c1=O. The Labute approximate surface area is 164 Å². The van der Waals surface area contributed by atoms with Gasteiger partial charge in [0.25, 0.3) is 0 Å². The van der Waals surface area contributed by atoms with Gasteiger partial charge >= 0.3 is 5.97 Å². The number of hydrogen-bond acceptors (Lipinski definition) is 4. The first-order valence-corrected chi connectivity index (χ1v) is 9.59. The van der Waals surface area contributed by atoms with Gasteiger partial charge in [-0.05, 0) is 25.3 Å². The molecule has 2 fully saturated rings. The monoisotopic (exact) mass is 411 g/mol. The zero-order chi connectivity index (χ0) is 20.1. The number of benzene rings is 1. The topological polar surface area (TPSA) is 74.6 Å². The molecule has 0 unspecified atom stereocenters. The number of nitrogens with zero attached hydrogens (tertiary/aromatic N) is 2. The summed E-state index contributed by atoms with van der Waals surface area (Å²) in [6, 6.07) is 1.02. The Morgan fingerprint density at radius 1 is 1.39 bits per heavy atom. The minimum Gasteiger partial charge on any atom is -0.477 e. The van der Waals surface area contributed by atoms with Crippen LogP contribution in [0, 0.1) is 5.82 Å². The average molecular weight is 412 g/mol. The summed E-state index contributed by atoms with van der Waals surface area (Å²) in [4.78, 5) is 25.8. The number of nitrogens with one attached hydrogen (secondary N) is 1. The highest BCUT2D eigenvalue weighted by atomic mass is 35.5. The number of alkyl halides is 1. The summed E-state index contributed by atoms with van der Waals surface area (Å²) in [5.41, 5.74) is -1.08. The maximum atomic E-state index is 15.1. The molecule has 1 spiro atoms. The van der Waals surface area contributed by atoms with Gasteiger partial charge in [0.05, 0.1) is 28.2 Å². The van der Waals surface area contributed by atoms with Crippen LogP contribution in [0.2, 0.25) is 5.02 Å². The molecule has 0 atom stereocenters. The Hall–Kier alpha value is -2.19. The summed E-state index contributed by atoms with van der Waals surface area (Å²) in [5.74, 6) is -2.13. The number of anilines is 1. The van der Waals surface area contributed by atoms with Gasteiger partial charge in [0.1, 0.15) is 18.1 Å². The first kappa shape index (κ1) is 19.1. The zero-order valence-electron chi connectivity index (χ0n) is 15.1. The van der Waals surface area contributed by atoms with Crippen LogP contribution in [0.1, 0.15) is 29.6 Å². The maximum absolute atomic E-state index is 15.1. The molecule has 2 aliphatic rings. The van der Waals surface area contributed by atoms with Crippen molar-refractivity contribution in [2.45, 2.75) is 31.3 Å². The standard InChI is InChI=1S/C19H20ClF2N3O3/c20-14-15-11(17(26)12(18(27)28)9-24(15)6-4-21)8-13(22)16(14)25-7-5-23-19(10-25)2-1-3-19/h8-9,23H,1-7,10H2,(H,27,28). The predicted octanol–water partition coefficient (Wildman–Crippen LogP) is 2.79. The van der Waals surface area contributed by atoms with Crippen LogP contribution in [-0.2, 0) is 6.54 Å². The molecule has 2 aromatic rings. The number of rotatable bonds is 4. The van der Waals surface area contributed by atoms with E-state index < -0.39 is 29.5 Å². The number of halogens is 3. The number of carboxylic acid groups (broad SMARTS) is 1. The molecule has 9 heteroatoms. The lowest BCUT2D eigenvalue weighted by Crippen LogP contribution is -2.64. The Balaban J connectivity index is 1.92. The smallest absolute Gasteiger partial charge is 0.341 e. The second-order valence-electron chi connectivity index (χ2n) is 7.46. The molecule has 150 valence electrons. The fraction of sp³-hybridized carbons (Fsp3) is 0.474. The lowest BCUT2D eigenvalue weighted by Gasteiger charge is -2.50. The van der Waals surface area contributed by atoms with E-state index in [2.05, 4.69) is 5.32 Å². The van der Waals surface area contributed by atoms with Gasteiger partial charge in [0, 0.05) is 31.4 Å². The van der Waals surface area contributed by atoms with E-state index in [9.17, 15) is 19.1 Å². The van der Waals surface area contributed by atoms with Gasteiger partial charge < -0.3 is 19.9 Å². The second kappa shape index (κ2) is 7.00. The van der Waals surface area contributed by atoms with Crippen molar-refractivity contribution in [2.24, 2.45) is 0 Å². The van der Waals surface area contributed by atoms with Gasteiger partial charge in [-0.15, -0.1) is 0 Å². The fourth-order valence-electron chi connectivity index (χ4n) is 4.27. The first-order chi connectivity index (χ1) is 13.4. The average Bonchev–Trinajstić information content (AvgIpc) is 2.62. The number of carbonyl (C=O) groups is 1. The number of aromatic nitrogens is 1. The molecule has 2 N–H and O–H groups in total. The Morgan fingerprint density at radius 2 is 2.14 bits per heavy atom. The molecule has 1 aliphatic carbocycles. The van der Waals surface area contributed by atoms with Crippen LogP contribution >= 0.6 is 11.6 Å². The lowest BCUT2D eigenvalue weighted by molar-refractivity contribution is 0.0694. The van der Waals surface area contributed by atoms with Gasteiger partial charge in [-0.2, -0.15) is 0 Å². The highest BCUT2D eigenvalue weighted by molar-refractivity contribution is 6.38. The van der Waals surface area contributed by atoms with Crippen LogP contribution in [-0.4, -0.2) is 47.5 Å². The Kier molecular flexibility index (Phi) is 4.79. The summed E-state index contributed by atoms with van der Waals surface area (Å²) in [6.07, 6.45) is 4.20. The number of pyridine rings is 1. The Bertz CT molecular complexity index is 1020. The van der Waals surface area contributed by atoms with E-state index in [1.165, 1.54) is 4.57 Å². The van der Waals surface area contributed by atoms with Crippen molar-refractivity contribution >= 4 is 34.2 Å². The molecule has 1 aromatic heterocycles. The van der Waals surface area contributed by atoms with E-state index in [0.717, 1.165) is 31.5 Å². The van der Waals surface area contributed by atoms with Crippen molar-refractivity contribution in [3.63, 3.8) is 0 Å². The van der Waals surface area contributed by atoms with Gasteiger partial charge in [-0.3, -0.25) is 4.79 Å². The third kappa shape index (κ3) is 2.95. The number of carboxylic acids is 1. The quantitative estimate of drug-likeness (QED) is 0.809. The highest BCUT2D eigenvalue weighted by Gasteiger charge is 2.41. The minimum atomic E-state index is -1.45. The Morgan fingerprint density at radius 3 is 2.75 bits per heavy atom. The first-order valence-electron chi connectivity index (χ1n) is 9.21. The molecule has 0 amide bonds. The molecule has 0 bridgehead atoms. The summed E-state index contributed by atoms with van der Waals surface area (Å²) in [6.45, 7) is 0.855. The highest BCUT2D eigenvalue weighted by Crippen LogP contribution is 2.40. The van der Waals surface area contributed by atoms with Crippen LogP contribution in [0.25, 0.3) is 10.9 Å². The van der Waals surface area contributed by atoms with Gasteiger partial charge in [0.15, 0.2) is 0 Å². The molecular weight excluding hydrogens is 392 g/mol. The summed E-state index contributed by atoms with van der Waals surface area (Å²) in [7, 11) is 0.